The summed E-state index contributed by atoms with van der Waals surface area (Å²) in [5.41, 5.74) is 6.52. The van der Waals surface area contributed by atoms with E-state index >= 15 is 0 Å². The Labute approximate surface area is 127 Å². The molecular formula is C20H21N. The van der Waals surface area contributed by atoms with Crippen molar-refractivity contribution in [3.63, 3.8) is 0 Å². The Kier molecular flexibility index (Phi) is 3.66. The first-order chi connectivity index (χ1) is 10.1. The van der Waals surface area contributed by atoms with Crippen LogP contribution in [0.3, 0.4) is 0 Å². The zero-order chi connectivity index (χ0) is 14.8. The molecule has 0 aliphatic carbocycles. The van der Waals surface area contributed by atoms with E-state index in [1.54, 1.807) is 0 Å². The average molecular weight is 275 g/mol. The highest BCUT2D eigenvalue weighted by Gasteiger charge is 2.16. The van der Waals surface area contributed by atoms with Crippen molar-refractivity contribution in [3.05, 3.63) is 89.1 Å². The number of nitrogens with zero attached hydrogens (tertiary/aromatic N) is 1. The van der Waals surface area contributed by atoms with E-state index in [0.29, 0.717) is 6.04 Å². The minimum Gasteiger partial charge on any atom is -0.369 e. The van der Waals surface area contributed by atoms with Gasteiger partial charge in [-0.25, -0.2) is 0 Å². The van der Waals surface area contributed by atoms with Gasteiger partial charge in [-0.15, -0.1) is 0 Å². The number of hydrogen-bond donors (Lipinski definition) is 0. The van der Waals surface area contributed by atoms with Crippen molar-refractivity contribution in [2.45, 2.75) is 19.9 Å². The molecule has 106 valence electrons. The predicted molar refractivity (Wildman–Crippen MR) is 90.0 cm³/mol. The minimum absolute atomic E-state index is 0.320. The Morgan fingerprint density at radius 3 is 2.19 bits per heavy atom. The van der Waals surface area contributed by atoms with E-state index in [2.05, 4.69) is 92.7 Å². The second-order valence-corrected chi connectivity index (χ2v) is 5.84. The molecule has 0 spiro atoms. The summed E-state index contributed by atoms with van der Waals surface area (Å²) >= 11 is 0. The molecule has 21 heavy (non-hydrogen) atoms. The van der Waals surface area contributed by atoms with Gasteiger partial charge in [-0.1, -0.05) is 71.8 Å². The van der Waals surface area contributed by atoms with Crippen LogP contribution in [0, 0.1) is 13.8 Å². The third kappa shape index (κ3) is 2.92. The van der Waals surface area contributed by atoms with Crippen molar-refractivity contribution in [2.24, 2.45) is 0 Å². The molecule has 0 amide bonds. The summed E-state index contributed by atoms with van der Waals surface area (Å²) in [6.45, 7) is 4.31. The van der Waals surface area contributed by atoms with Crippen LogP contribution in [0.25, 0.3) is 5.57 Å². The fraction of sp³-hybridized carbons (Fsp3) is 0.200. The molecule has 1 atom stereocenters. The molecule has 0 saturated heterocycles. The van der Waals surface area contributed by atoms with Gasteiger partial charge in [0.25, 0.3) is 0 Å². The largest absolute Gasteiger partial charge is 0.369 e. The van der Waals surface area contributed by atoms with Gasteiger partial charge in [-0.2, -0.15) is 0 Å². The van der Waals surface area contributed by atoms with E-state index in [4.69, 9.17) is 0 Å². The lowest BCUT2D eigenvalue weighted by Gasteiger charge is -2.29. The van der Waals surface area contributed by atoms with Gasteiger partial charge in [0.1, 0.15) is 0 Å². The zero-order valence-corrected chi connectivity index (χ0v) is 12.9. The van der Waals surface area contributed by atoms with Crippen LogP contribution < -0.4 is 0 Å². The summed E-state index contributed by atoms with van der Waals surface area (Å²) in [6, 6.07) is 17.7. The molecule has 1 aliphatic rings. The number of aryl methyl sites for hydroxylation is 2. The van der Waals surface area contributed by atoms with Gasteiger partial charge in [0, 0.05) is 13.2 Å². The lowest BCUT2D eigenvalue weighted by atomic mass is 9.96. The molecule has 0 N–H and O–H groups in total. The van der Waals surface area contributed by atoms with Crippen LogP contribution in [0.1, 0.15) is 28.3 Å². The molecule has 1 aliphatic heterocycles. The van der Waals surface area contributed by atoms with Gasteiger partial charge in [0.05, 0.1) is 6.04 Å². The Morgan fingerprint density at radius 1 is 0.905 bits per heavy atom. The summed E-state index contributed by atoms with van der Waals surface area (Å²) in [6.07, 6.45) is 6.76. The van der Waals surface area contributed by atoms with Crippen LogP contribution in [0.5, 0.6) is 0 Å². The fourth-order valence-corrected chi connectivity index (χ4v) is 2.98. The molecule has 1 nitrogen and oxygen atoms in total. The van der Waals surface area contributed by atoms with Crippen LogP contribution in [0.15, 0.2) is 66.9 Å². The van der Waals surface area contributed by atoms with Crippen molar-refractivity contribution < 1.29 is 0 Å². The van der Waals surface area contributed by atoms with E-state index in [-0.39, 0.29) is 0 Å². The minimum atomic E-state index is 0.320. The van der Waals surface area contributed by atoms with E-state index in [1.165, 1.54) is 27.8 Å². The molecule has 0 saturated carbocycles. The van der Waals surface area contributed by atoms with Crippen LogP contribution in [-0.4, -0.2) is 11.9 Å². The van der Waals surface area contributed by atoms with Crippen molar-refractivity contribution in [2.75, 3.05) is 7.05 Å². The molecule has 2 aromatic rings. The first-order valence-corrected chi connectivity index (χ1v) is 7.39. The number of benzene rings is 2. The Balaban J connectivity index is 1.90. The van der Waals surface area contributed by atoms with E-state index in [0.717, 1.165) is 0 Å². The highest BCUT2D eigenvalue weighted by Crippen LogP contribution is 2.30. The smallest absolute Gasteiger partial charge is 0.0721 e. The molecule has 0 fully saturated rings. The lowest BCUT2D eigenvalue weighted by Crippen LogP contribution is -2.20. The van der Waals surface area contributed by atoms with Crippen molar-refractivity contribution in [3.8, 4) is 0 Å². The Hall–Kier alpha value is -2.28. The van der Waals surface area contributed by atoms with Crippen molar-refractivity contribution in [1.29, 1.82) is 0 Å². The first-order valence-electron chi connectivity index (χ1n) is 7.39. The number of hydrogen-bond acceptors (Lipinski definition) is 1. The summed E-state index contributed by atoms with van der Waals surface area (Å²) in [4.78, 5) is 2.28. The Bertz CT molecular complexity index is 675. The molecule has 0 aromatic heterocycles. The van der Waals surface area contributed by atoms with Crippen LogP contribution in [0.4, 0.5) is 0 Å². The summed E-state index contributed by atoms with van der Waals surface area (Å²) in [5.74, 6) is 0. The maximum absolute atomic E-state index is 2.28. The third-order valence-corrected chi connectivity index (χ3v) is 3.94. The number of rotatable bonds is 2. The highest BCUT2D eigenvalue weighted by atomic mass is 15.1. The van der Waals surface area contributed by atoms with Gasteiger partial charge in [-0.3, -0.25) is 0 Å². The van der Waals surface area contributed by atoms with E-state index < -0.39 is 0 Å². The van der Waals surface area contributed by atoms with E-state index in [9.17, 15) is 0 Å². The molecule has 1 unspecified atom stereocenters. The average Bonchev–Trinajstić information content (AvgIpc) is 2.47. The zero-order valence-electron chi connectivity index (χ0n) is 12.9. The molecule has 1 heteroatoms. The predicted octanol–water partition coefficient (Wildman–Crippen LogP) is 4.89. The fourth-order valence-electron chi connectivity index (χ4n) is 2.98. The van der Waals surface area contributed by atoms with Crippen LogP contribution >= 0.6 is 0 Å². The van der Waals surface area contributed by atoms with Gasteiger partial charge >= 0.3 is 0 Å². The van der Waals surface area contributed by atoms with Crippen LogP contribution in [-0.2, 0) is 0 Å². The molecular weight excluding hydrogens is 254 g/mol. The molecule has 2 aromatic carbocycles. The van der Waals surface area contributed by atoms with Crippen molar-refractivity contribution >= 4 is 5.57 Å². The van der Waals surface area contributed by atoms with Gasteiger partial charge in [-0.05, 0) is 30.5 Å². The lowest BCUT2D eigenvalue weighted by molar-refractivity contribution is 0.392. The topological polar surface area (TPSA) is 3.24 Å². The molecule has 0 radical (unpaired) electrons. The monoisotopic (exact) mass is 275 g/mol. The molecule has 0 bridgehead atoms. The third-order valence-electron chi connectivity index (χ3n) is 3.94. The second-order valence-electron chi connectivity index (χ2n) is 5.84. The summed E-state index contributed by atoms with van der Waals surface area (Å²) in [7, 11) is 2.14. The second kappa shape index (κ2) is 5.61. The van der Waals surface area contributed by atoms with Gasteiger partial charge < -0.3 is 4.90 Å². The van der Waals surface area contributed by atoms with Crippen molar-refractivity contribution in [1.82, 2.24) is 4.90 Å². The number of likely N-dealkylation sites (N-methyl/N-ethyl adjacent to an activating group) is 1. The number of allylic oxidation sites excluding steroid dienone is 2. The summed E-state index contributed by atoms with van der Waals surface area (Å²) < 4.78 is 0. The molecule has 1 heterocycles. The maximum Gasteiger partial charge on any atom is 0.0721 e. The van der Waals surface area contributed by atoms with Crippen LogP contribution in [0.2, 0.25) is 0 Å². The van der Waals surface area contributed by atoms with Gasteiger partial charge in [0.15, 0.2) is 0 Å². The molecule has 3 rings (SSSR count). The standard InChI is InChI=1S/C20H21N/c1-15-11-16(2)13-19(12-15)18-9-10-20(21(3)14-18)17-7-5-4-6-8-17/h4-14,20H,1-3H3. The normalized spacial score (nSPS) is 17.8. The SMILES string of the molecule is Cc1cc(C)cc(C2=CN(C)C(c3ccccc3)C=C2)c1. The Morgan fingerprint density at radius 2 is 1.57 bits per heavy atom. The summed E-state index contributed by atoms with van der Waals surface area (Å²) in [5, 5.41) is 0. The quantitative estimate of drug-likeness (QED) is 0.754. The maximum atomic E-state index is 2.28. The highest BCUT2D eigenvalue weighted by molar-refractivity contribution is 5.75. The van der Waals surface area contributed by atoms with E-state index in [1.807, 2.05) is 0 Å². The first kappa shape index (κ1) is 13.7. The van der Waals surface area contributed by atoms with Gasteiger partial charge in [0.2, 0.25) is 0 Å².